The fourth-order valence-electron chi connectivity index (χ4n) is 4.94. The van der Waals surface area contributed by atoms with Gasteiger partial charge in [-0.25, -0.2) is 0 Å². The second kappa shape index (κ2) is 12.5. The van der Waals surface area contributed by atoms with Crippen molar-refractivity contribution in [3.8, 4) is 11.1 Å². The molecule has 7 nitrogen and oxygen atoms in total. The highest BCUT2D eigenvalue weighted by molar-refractivity contribution is 5.76. The summed E-state index contributed by atoms with van der Waals surface area (Å²) in [6.07, 6.45) is -1.33. The van der Waals surface area contributed by atoms with Crippen LogP contribution in [-0.2, 0) is 28.2 Å². The van der Waals surface area contributed by atoms with Crippen LogP contribution in [0.2, 0.25) is 0 Å². The number of carbonyl (C=O) groups excluding carboxylic acids is 1. The zero-order valence-electron chi connectivity index (χ0n) is 22.6. The van der Waals surface area contributed by atoms with Crippen molar-refractivity contribution in [3.63, 3.8) is 0 Å². The first-order valence-corrected chi connectivity index (χ1v) is 13.1. The van der Waals surface area contributed by atoms with E-state index in [4.69, 9.17) is 9.84 Å². The van der Waals surface area contributed by atoms with E-state index >= 15 is 0 Å². The molecule has 0 amide bonds. The largest absolute Gasteiger partial charge is 0.462 e. The van der Waals surface area contributed by atoms with E-state index in [0.29, 0.717) is 26.2 Å². The van der Waals surface area contributed by atoms with Crippen molar-refractivity contribution in [2.75, 3.05) is 32.8 Å². The Morgan fingerprint density at radius 3 is 2.35 bits per heavy atom. The maximum Gasteiger partial charge on any atom is 0.421 e. The lowest BCUT2D eigenvalue weighted by Gasteiger charge is -2.40. The number of rotatable bonds is 9. The minimum absolute atomic E-state index is 0.0478. The summed E-state index contributed by atoms with van der Waals surface area (Å²) in [5.41, 5.74) is 1.55. The number of carbonyl (C=O) groups is 1. The van der Waals surface area contributed by atoms with Gasteiger partial charge in [-0.3, -0.25) is 19.6 Å². The molecule has 1 aromatic heterocycles. The maximum absolute atomic E-state index is 13.2. The molecule has 0 aliphatic carbocycles. The molecule has 1 unspecified atom stereocenters. The molecule has 1 fully saturated rings. The molecule has 2 aromatic carbocycles. The van der Waals surface area contributed by atoms with Gasteiger partial charge in [0.05, 0.1) is 6.61 Å². The van der Waals surface area contributed by atoms with Gasteiger partial charge in [-0.2, -0.15) is 13.2 Å². The van der Waals surface area contributed by atoms with E-state index in [0.717, 1.165) is 41.3 Å². The van der Waals surface area contributed by atoms with Crippen LogP contribution in [0.3, 0.4) is 0 Å². The van der Waals surface area contributed by atoms with E-state index in [2.05, 4.69) is 14.8 Å². The number of aryl methyl sites for hydroxylation is 1. The average Bonchev–Trinajstić information content (AvgIpc) is 2.92. The SMILES string of the molecule is Cc1cc(CN2CCN(Cc3ccncc3)[C@@H](C(=O)OCCO)C2)ccc1-c1ccc(C(C)(O)C(F)(F)F)cc1. The molecule has 2 heterocycles. The summed E-state index contributed by atoms with van der Waals surface area (Å²) in [5, 5.41) is 19.0. The van der Waals surface area contributed by atoms with Crippen LogP contribution in [0.25, 0.3) is 11.1 Å². The van der Waals surface area contributed by atoms with Gasteiger partial charge < -0.3 is 14.9 Å². The lowest BCUT2D eigenvalue weighted by molar-refractivity contribution is -0.258. The molecular formula is C30H34F3N3O4. The van der Waals surface area contributed by atoms with E-state index < -0.39 is 17.8 Å². The van der Waals surface area contributed by atoms with Gasteiger partial charge in [-0.1, -0.05) is 42.5 Å². The molecule has 1 aliphatic rings. The van der Waals surface area contributed by atoms with E-state index in [-0.39, 0.29) is 24.7 Å². The second-order valence-electron chi connectivity index (χ2n) is 10.3. The third-order valence-corrected chi connectivity index (χ3v) is 7.33. The highest BCUT2D eigenvalue weighted by Crippen LogP contribution is 2.39. The Labute approximate surface area is 231 Å². The van der Waals surface area contributed by atoms with Crippen molar-refractivity contribution < 1.29 is 32.9 Å². The number of piperazine rings is 1. The molecule has 0 spiro atoms. The molecule has 1 saturated heterocycles. The minimum atomic E-state index is -4.77. The van der Waals surface area contributed by atoms with Gasteiger partial charge in [-0.05, 0) is 59.4 Å². The summed E-state index contributed by atoms with van der Waals surface area (Å²) < 4.78 is 44.9. The van der Waals surface area contributed by atoms with Crippen molar-refractivity contribution >= 4 is 5.97 Å². The van der Waals surface area contributed by atoms with Crippen LogP contribution < -0.4 is 0 Å². The first-order valence-electron chi connectivity index (χ1n) is 13.1. The van der Waals surface area contributed by atoms with Crippen LogP contribution in [0.1, 0.15) is 29.2 Å². The zero-order chi connectivity index (χ0) is 28.9. The Kier molecular flexibility index (Phi) is 9.25. The molecule has 3 aromatic rings. The van der Waals surface area contributed by atoms with Crippen molar-refractivity contribution in [1.29, 1.82) is 0 Å². The van der Waals surface area contributed by atoms with Gasteiger partial charge in [0.2, 0.25) is 0 Å². The van der Waals surface area contributed by atoms with Gasteiger partial charge in [0.15, 0.2) is 5.60 Å². The predicted molar refractivity (Wildman–Crippen MR) is 144 cm³/mol. The Bertz CT molecular complexity index is 1280. The fourth-order valence-corrected chi connectivity index (χ4v) is 4.94. The zero-order valence-corrected chi connectivity index (χ0v) is 22.6. The van der Waals surface area contributed by atoms with E-state index in [1.54, 1.807) is 24.5 Å². The Morgan fingerprint density at radius 2 is 1.73 bits per heavy atom. The number of alkyl halides is 3. The predicted octanol–water partition coefficient (Wildman–Crippen LogP) is 4.05. The first-order chi connectivity index (χ1) is 19.0. The Hall–Kier alpha value is -3.31. The number of aliphatic hydroxyl groups is 2. The summed E-state index contributed by atoms with van der Waals surface area (Å²) in [4.78, 5) is 21.2. The van der Waals surface area contributed by atoms with Crippen molar-refractivity contribution in [1.82, 2.24) is 14.8 Å². The number of nitrogens with zero attached hydrogens (tertiary/aromatic N) is 3. The second-order valence-corrected chi connectivity index (χ2v) is 10.3. The van der Waals surface area contributed by atoms with Gasteiger partial charge in [-0.15, -0.1) is 0 Å². The molecule has 214 valence electrons. The van der Waals surface area contributed by atoms with E-state index in [9.17, 15) is 23.1 Å². The molecule has 40 heavy (non-hydrogen) atoms. The average molecular weight is 558 g/mol. The number of aliphatic hydroxyl groups excluding tert-OH is 1. The summed E-state index contributed by atoms with van der Waals surface area (Å²) in [7, 11) is 0. The molecule has 0 radical (unpaired) electrons. The number of benzene rings is 2. The molecular weight excluding hydrogens is 523 g/mol. The summed E-state index contributed by atoms with van der Waals surface area (Å²) >= 11 is 0. The Morgan fingerprint density at radius 1 is 1.02 bits per heavy atom. The minimum Gasteiger partial charge on any atom is -0.462 e. The van der Waals surface area contributed by atoms with Crippen LogP contribution >= 0.6 is 0 Å². The number of hydrogen-bond acceptors (Lipinski definition) is 7. The van der Waals surface area contributed by atoms with Gasteiger partial charge >= 0.3 is 12.1 Å². The van der Waals surface area contributed by atoms with Gasteiger partial charge in [0.25, 0.3) is 0 Å². The van der Waals surface area contributed by atoms with Crippen LogP contribution in [0.4, 0.5) is 13.2 Å². The van der Waals surface area contributed by atoms with Crippen LogP contribution in [0.15, 0.2) is 67.0 Å². The van der Waals surface area contributed by atoms with Crippen LogP contribution in [0.5, 0.6) is 0 Å². The molecule has 0 saturated carbocycles. The summed E-state index contributed by atoms with van der Waals surface area (Å²) in [6.45, 7) is 5.48. The van der Waals surface area contributed by atoms with Crippen molar-refractivity contribution in [3.05, 3.63) is 89.2 Å². The number of pyridine rings is 1. The topological polar surface area (TPSA) is 86.1 Å². The lowest BCUT2D eigenvalue weighted by Crippen LogP contribution is -2.56. The quantitative estimate of drug-likeness (QED) is 0.384. The molecule has 1 aliphatic heterocycles. The number of ether oxygens (including phenoxy) is 1. The normalized spacial score (nSPS) is 18.3. The number of aromatic nitrogens is 1. The van der Waals surface area contributed by atoms with Crippen LogP contribution in [-0.4, -0.2) is 76.0 Å². The third kappa shape index (κ3) is 6.87. The Balaban J connectivity index is 1.45. The highest BCUT2D eigenvalue weighted by atomic mass is 19.4. The lowest BCUT2D eigenvalue weighted by atomic mass is 9.92. The van der Waals surface area contributed by atoms with Crippen molar-refractivity contribution in [2.24, 2.45) is 0 Å². The van der Waals surface area contributed by atoms with E-state index in [1.165, 1.54) is 12.1 Å². The number of esters is 1. The van der Waals surface area contributed by atoms with Crippen LogP contribution in [0, 0.1) is 6.92 Å². The third-order valence-electron chi connectivity index (χ3n) is 7.33. The molecule has 2 N–H and O–H groups in total. The summed E-state index contributed by atoms with van der Waals surface area (Å²) in [6, 6.07) is 15.1. The van der Waals surface area contributed by atoms with E-state index in [1.807, 2.05) is 37.3 Å². The number of hydrogen-bond donors (Lipinski definition) is 2. The highest BCUT2D eigenvalue weighted by Gasteiger charge is 2.51. The number of halogens is 3. The van der Waals surface area contributed by atoms with Gasteiger partial charge in [0.1, 0.15) is 12.6 Å². The smallest absolute Gasteiger partial charge is 0.421 e. The molecule has 4 rings (SSSR count). The fraction of sp³-hybridized carbons (Fsp3) is 0.400. The van der Waals surface area contributed by atoms with Crippen molar-refractivity contribution in [2.45, 2.75) is 44.8 Å². The molecule has 0 bridgehead atoms. The first kappa shape index (κ1) is 29.7. The molecule has 10 heteroatoms. The molecule has 2 atom stereocenters. The monoisotopic (exact) mass is 557 g/mol. The maximum atomic E-state index is 13.2. The summed E-state index contributed by atoms with van der Waals surface area (Å²) in [5.74, 6) is -0.368. The van der Waals surface area contributed by atoms with Gasteiger partial charge in [0, 0.05) is 45.1 Å². The standard InChI is InChI=1S/C30H34F3N3O4/c1-21-17-23(3-8-26(21)24-4-6-25(7-5-24)29(2,39)30(31,32)33)18-35-13-14-36(19-22-9-11-34-12-10-22)27(20-35)28(38)40-16-15-37/h3-12,17,27,37,39H,13-16,18-20H2,1-2H3/t27-,29?/m1/s1.